The third kappa shape index (κ3) is 8.38. The lowest BCUT2D eigenvalue weighted by atomic mass is 10.0. The van der Waals surface area contributed by atoms with Gasteiger partial charge in [0.15, 0.2) is 0 Å². The van der Waals surface area contributed by atoms with Gasteiger partial charge in [-0.3, -0.25) is 0 Å². The van der Waals surface area contributed by atoms with Crippen LogP contribution in [0.5, 0.6) is 5.75 Å². The molecule has 0 fully saturated rings. The maximum atomic E-state index is 9.28. The lowest BCUT2D eigenvalue weighted by molar-refractivity contribution is 0.465. The maximum Gasteiger partial charge on any atom is 0.231 e. The van der Waals surface area contributed by atoms with E-state index in [-0.39, 0.29) is 0 Å². The molecule has 3 N–H and O–H groups in total. The molecule has 0 saturated carbocycles. The summed E-state index contributed by atoms with van der Waals surface area (Å²) in [4.78, 5) is 16.7. The van der Waals surface area contributed by atoms with Gasteiger partial charge in [-0.05, 0) is 17.5 Å². The number of carbonyl (C=O) groups excluding carboxylic acids is 2. The Morgan fingerprint density at radius 1 is 1.12 bits per heavy atom. The number of hydrogen-bond acceptors (Lipinski definition) is 5. The molecule has 1 aromatic carbocycles. The first-order chi connectivity index (χ1) is 7.54. The molecule has 5 heteroatoms. The minimum atomic E-state index is 0.400. The number of hydrogen-bond donors (Lipinski definition) is 3. The van der Waals surface area contributed by atoms with Gasteiger partial charge in [-0.25, -0.2) is 20.4 Å². The van der Waals surface area contributed by atoms with Crippen LogP contribution in [0, 0.1) is 10.8 Å². The highest BCUT2D eigenvalue weighted by molar-refractivity contribution is 5.33. The van der Waals surface area contributed by atoms with E-state index in [1.165, 1.54) is 0 Å². The van der Waals surface area contributed by atoms with Crippen molar-refractivity contribution in [2.24, 2.45) is 0 Å². The van der Waals surface area contributed by atoms with E-state index >= 15 is 0 Å². The fourth-order valence-corrected chi connectivity index (χ4v) is 0.976. The molecule has 0 aliphatic heterocycles. The maximum absolute atomic E-state index is 9.28. The summed E-state index contributed by atoms with van der Waals surface area (Å²) in [5.41, 5.74) is 1.02. The average Bonchev–Trinajstić information content (AvgIpc) is 2.20. The van der Waals surface area contributed by atoms with Crippen molar-refractivity contribution in [3.05, 3.63) is 29.8 Å². The van der Waals surface area contributed by atoms with E-state index in [9.17, 15) is 5.11 Å². The Hall–Kier alpha value is -2.22. The van der Waals surface area contributed by atoms with Crippen LogP contribution in [-0.2, 0) is 9.59 Å². The Morgan fingerprint density at radius 2 is 1.50 bits per heavy atom. The van der Waals surface area contributed by atoms with E-state index in [0.717, 1.165) is 17.7 Å². The molecular formula is C11H14N2O3. The first-order valence-corrected chi connectivity index (χ1v) is 4.40. The zero-order chi connectivity index (χ0) is 13.0. The van der Waals surface area contributed by atoms with Crippen LogP contribution in [0.15, 0.2) is 24.3 Å². The predicted octanol–water partition coefficient (Wildman–Crippen LogP) is 2.32. The Morgan fingerprint density at radius 3 is 1.75 bits per heavy atom. The second-order valence-corrected chi connectivity index (χ2v) is 2.92. The molecule has 5 nitrogen and oxygen atoms in total. The topological polar surface area (TPSA) is 102 Å². The standard InChI is InChI=1S/C9H12O.2CHNO/c1-7(2)8-5-3-4-6-9(8)10;2*2-1-3/h3-7,10H,1-2H3;2*2H. The minimum absolute atomic E-state index is 0.400. The van der Waals surface area contributed by atoms with E-state index in [1.54, 1.807) is 6.07 Å². The summed E-state index contributed by atoms with van der Waals surface area (Å²) in [5, 5.41) is 20.1. The van der Waals surface area contributed by atoms with Gasteiger partial charge in [0.2, 0.25) is 12.2 Å². The van der Waals surface area contributed by atoms with Gasteiger partial charge >= 0.3 is 0 Å². The molecule has 1 aromatic rings. The van der Waals surface area contributed by atoms with Crippen molar-refractivity contribution in [3.8, 4) is 5.75 Å². The molecule has 0 bridgehead atoms. The Kier molecular flexibility index (Phi) is 11.0. The number of nitrogens with one attached hydrogen (secondary N) is 2. The Bertz CT molecular complexity index is 351. The van der Waals surface area contributed by atoms with Gasteiger partial charge in [-0.1, -0.05) is 32.0 Å². The molecule has 0 unspecified atom stereocenters. The van der Waals surface area contributed by atoms with Crippen molar-refractivity contribution in [1.82, 2.24) is 0 Å². The zero-order valence-electron chi connectivity index (χ0n) is 9.15. The van der Waals surface area contributed by atoms with Gasteiger partial charge in [0.1, 0.15) is 5.75 Å². The normalized spacial score (nSPS) is 7.44. The van der Waals surface area contributed by atoms with Gasteiger partial charge < -0.3 is 5.11 Å². The van der Waals surface area contributed by atoms with Crippen molar-refractivity contribution >= 4 is 12.2 Å². The molecule has 0 amide bonds. The first-order valence-electron chi connectivity index (χ1n) is 4.40. The van der Waals surface area contributed by atoms with Gasteiger partial charge in [0.05, 0.1) is 0 Å². The van der Waals surface area contributed by atoms with Gasteiger partial charge in [0.25, 0.3) is 0 Å². The van der Waals surface area contributed by atoms with Crippen LogP contribution in [0.1, 0.15) is 25.3 Å². The average molecular weight is 222 g/mol. The van der Waals surface area contributed by atoms with Crippen LogP contribution >= 0.6 is 0 Å². The minimum Gasteiger partial charge on any atom is -0.508 e. The Balaban J connectivity index is 0. The number of aromatic hydroxyl groups is 1. The van der Waals surface area contributed by atoms with Gasteiger partial charge in [0, 0.05) is 0 Å². The molecule has 0 aliphatic carbocycles. The van der Waals surface area contributed by atoms with Crippen LogP contribution in [0.3, 0.4) is 0 Å². The van der Waals surface area contributed by atoms with Crippen molar-refractivity contribution in [3.63, 3.8) is 0 Å². The molecule has 0 atom stereocenters. The van der Waals surface area contributed by atoms with Crippen LogP contribution in [-0.4, -0.2) is 17.3 Å². The molecule has 0 aromatic heterocycles. The second-order valence-electron chi connectivity index (χ2n) is 2.92. The fourth-order valence-electron chi connectivity index (χ4n) is 0.976. The van der Waals surface area contributed by atoms with Crippen molar-refractivity contribution < 1.29 is 14.7 Å². The largest absolute Gasteiger partial charge is 0.508 e. The summed E-state index contributed by atoms with van der Waals surface area (Å²) < 4.78 is 0. The molecule has 0 aliphatic rings. The molecular weight excluding hydrogens is 208 g/mol. The van der Waals surface area contributed by atoms with Crippen LogP contribution < -0.4 is 0 Å². The summed E-state index contributed by atoms with van der Waals surface area (Å²) in [6, 6.07) is 7.44. The SMILES string of the molecule is CC(C)c1ccccc1O.N=C=O.N=C=O. The quantitative estimate of drug-likeness (QED) is 0.501. The lowest BCUT2D eigenvalue weighted by Crippen LogP contribution is -1.85. The second kappa shape index (κ2) is 10.9. The molecule has 0 spiro atoms. The van der Waals surface area contributed by atoms with Crippen LogP contribution in [0.25, 0.3) is 0 Å². The summed E-state index contributed by atoms with van der Waals surface area (Å²) in [6.45, 7) is 4.13. The van der Waals surface area contributed by atoms with Crippen LogP contribution in [0.4, 0.5) is 0 Å². The summed E-state index contributed by atoms with van der Waals surface area (Å²) in [5.74, 6) is 0.804. The van der Waals surface area contributed by atoms with E-state index in [1.807, 2.05) is 18.2 Å². The molecule has 0 heterocycles. The number of isocyanates is 2. The summed E-state index contributed by atoms with van der Waals surface area (Å²) in [6.07, 6.45) is 1.50. The molecule has 16 heavy (non-hydrogen) atoms. The predicted molar refractivity (Wildman–Crippen MR) is 59.0 cm³/mol. The van der Waals surface area contributed by atoms with Gasteiger partial charge in [-0.15, -0.1) is 0 Å². The third-order valence-electron chi connectivity index (χ3n) is 1.56. The van der Waals surface area contributed by atoms with E-state index in [0.29, 0.717) is 11.7 Å². The number of para-hydroxylation sites is 1. The van der Waals surface area contributed by atoms with Crippen molar-refractivity contribution in [1.29, 1.82) is 10.8 Å². The number of phenolic OH excluding ortho intramolecular Hbond substituents is 1. The highest BCUT2D eigenvalue weighted by atomic mass is 16.3. The highest BCUT2D eigenvalue weighted by Gasteiger charge is 2.01. The highest BCUT2D eigenvalue weighted by Crippen LogP contribution is 2.23. The van der Waals surface area contributed by atoms with Gasteiger partial charge in [-0.2, -0.15) is 0 Å². The molecule has 1 rings (SSSR count). The third-order valence-corrected chi connectivity index (χ3v) is 1.56. The lowest BCUT2D eigenvalue weighted by Gasteiger charge is -2.05. The number of rotatable bonds is 1. The molecule has 0 saturated heterocycles. The van der Waals surface area contributed by atoms with E-state index in [4.69, 9.17) is 20.4 Å². The molecule has 0 radical (unpaired) electrons. The summed E-state index contributed by atoms with van der Waals surface area (Å²) >= 11 is 0. The number of benzene rings is 1. The van der Waals surface area contributed by atoms with Crippen LogP contribution in [0.2, 0.25) is 0 Å². The van der Waals surface area contributed by atoms with E-state index < -0.39 is 0 Å². The van der Waals surface area contributed by atoms with Crippen molar-refractivity contribution in [2.45, 2.75) is 19.8 Å². The molecule has 86 valence electrons. The van der Waals surface area contributed by atoms with Crippen molar-refractivity contribution in [2.75, 3.05) is 0 Å². The first kappa shape index (κ1) is 16.2. The Labute approximate surface area is 93.8 Å². The van der Waals surface area contributed by atoms with E-state index in [2.05, 4.69) is 13.8 Å². The zero-order valence-corrected chi connectivity index (χ0v) is 9.15. The summed E-state index contributed by atoms with van der Waals surface area (Å²) in [7, 11) is 0. The smallest absolute Gasteiger partial charge is 0.231 e. The fraction of sp³-hybridized carbons (Fsp3) is 0.273. The monoisotopic (exact) mass is 222 g/mol. The number of phenols is 1.